The molecule has 0 heterocycles. The smallest absolute Gasteiger partial charge is 0.423 e. The molecule has 1 aliphatic rings. The van der Waals surface area contributed by atoms with E-state index in [-0.39, 0.29) is 5.41 Å². The maximum absolute atomic E-state index is 9.34. The van der Waals surface area contributed by atoms with Gasteiger partial charge < -0.3 is 10.0 Å². The molecule has 0 aliphatic heterocycles. The van der Waals surface area contributed by atoms with Crippen molar-refractivity contribution < 1.29 is 10.0 Å². The Bertz CT molecular complexity index is 665. The van der Waals surface area contributed by atoms with E-state index in [4.69, 9.17) is 0 Å². The Morgan fingerprint density at radius 3 is 2.47 bits per heavy atom. The third-order valence-electron chi connectivity index (χ3n) is 3.94. The number of hydrogen-bond acceptors (Lipinski definition) is 2. The van der Waals surface area contributed by atoms with Crippen molar-refractivity contribution in [3.8, 4) is 11.1 Å². The highest BCUT2D eigenvalue weighted by molar-refractivity contribution is 14.1. The van der Waals surface area contributed by atoms with Crippen molar-refractivity contribution in [2.24, 2.45) is 0 Å². The van der Waals surface area contributed by atoms with Crippen LogP contribution in [0.2, 0.25) is 0 Å². The first-order valence-electron chi connectivity index (χ1n) is 6.23. The molecule has 2 aromatic carbocycles. The van der Waals surface area contributed by atoms with Crippen LogP contribution in [0, 0.1) is 3.57 Å². The van der Waals surface area contributed by atoms with E-state index >= 15 is 0 Å². The van der Waals surface area contributed by atoms with Crippen molar-refractivity contribution in [1.82, 2.24) is 0 Å². The van der Waals surface area contributed by atoms with Crippen LogP contribution in [0.25, 0.3) is 11.1 Å². The van der Waals surface area contributed by atoms with E-state index in [1.165, 1.54) is 20.3 Å². The standard InChI is InChI=1S/C15H14BIO2/c1-15(2)12-7-6-9(16(18)19)8-11(12)10-4-3-5-13(17)14(10)15/h3-8,18-19H,1-2H3. The van der Waals surface area contributed by atoms with Gasteiger partial charge in [0.2, 0.25) is 0 Å². The summed E-state index contributed by atoms with van der Waals surface area (Å²) in [5.74, 6) is 0. The summed E-state index contributed by atoms with van der Waals surface area (Å²) in [6.45, 7) is 4.43. The fourth-order valence-corrected chi connectivity index (χ4v) is 4.18. The van der Waals surface area contributed by atoms with Crippen molar-refractivity contribution >= 4 is 35.2 Å². The second-order valence-corrected chi connectivity index (χ2v) is 6.63. The predicted octanol–water partition coefficient (Wildman–Crippen LogP) is 2.28. The molecule has 1 aliphatic carbocycles. The number of halogens is 1. The molecule has 4 heteroatoms. The molecule has 96 valence electrons. The predicted molar refractivity (Wildman–Crippen MR) is 86.5 cm³/mol. The summed E-state index contributed by atoms with van der Waals surface area (Å²) >= 11 is 2.37. The highest BCUT2D eigenvalue weighted by Gasteiger charge is 2.37. The fourth-order valence-electron chi connectivity index (χ4n) is 3.01. The molecule has 0 aromatic heterocycles. The Morgan fingerprint density at radius 2 is 1.79 bits per heavy atom. The van der Waals surface area contributed by atoms with Gasteiger partial charge in [-0.25, -0.2) is 0 Å². The van der Waals surface area contributed by atoms with E-state index < -0.39 is 7.12 Å². The van der Waals surface area contributed by atoms with Gasteiger partial charge in [0, 0.05) is 8.99 Å². The topological polar surface area (TPSA) is 40.5 Å². The first-order chi connectivity index (χ1) is 8.93. The summed E-state index contributed by atoms with van der Waals surface area (Å²) in [7, 11) is -1.42. The molecule has 0 saturated heterocycles. The van der Waals surface area contributed by atoms with Gasteiger partial charge in [0.25, 0.3) is 0 Å². The number of hydrogen-bond donors (Lipinski definition) is 2. The van der Waals surface area contributed by atoms with Crippen LogP contribution in [-0.4, -0.2) is 17.2 Å². The van der Waals surface area contributed by atoms with Crippen molar-refractivity contribution in [3.05, 3.63) is 51.1 Å². The van der Waals surface area contributed by atoms with Crippen LogP contribution in [0.5, 0.6) is 0 Å². The van der Waals surface area contributed by atoms with Gasteiger partial charge in [-0.2, -0.15) is 0 Å². The normalized spacial score (nSPS) is 15.0. The molecule has 0 amide bonds. The Labute approximate surface area is 126 Å². The molecular formula is C15H14BIO2. The summed E-state index contributed by atoms with van der Waals surface area (Å²) in [5, 5.41) is 18.7. The quantitative estimate of drug-likeness (QED) is 0.602. The van der Waals surface area contributed by atoms with E-state index in [1.54, 1.807) is 6.07 Å². The van der Waals surface area contributed by atoms with Crippen LogP contribution in [0.15, 0.2) is 36.4 Å². The molecule has 0 atom stereocenters. The lowest BCUT2D eigenvalue weighted by molar-refractivity contribution is 0.426. The molecule has 0 radical (unpaired) electrons. The van der Waals surface area contributed by atoms with Gasteiger partial charge in [-0.15, -0.1) is 0 Å². The molecule has 0 fully saturated rings. The highest BCUT2D eigenvalue weighted by atomic mass is 127. The van der Waals surface area contributed by atoms with Crippen LogP contribution in [0.4, 0.5) is 0 Å². The summed E-state index contributed by atoms with van der Waals surface area (Å²) in [5.41, 5.74) is 5.40. The van der Waals surface area contributed by atoms with Crippen LogP contribution in [-0.2, 0) is 5.41 Å². The van der Waals surface area contributed by atoms with Gasteiger partial charge in [-0.1, -0.05) is 44.2 Å². The molecule has 0 bridgehead atoms. The van der Waals surface area contributed by atoms with Gasteiger partial charge in [0.15, 0.2) is 0 Å². The maximum Gasteiger partial charge on any atom is 0.488 e. The third-order valence-corrected chi connectivity index (χ3v) is 4.84. The Kier molecular flexibility index (Phi) is 3.00. The van der Waals surface area contributed by atoms with Crippen LogP contribution in [0.1, 0.15) is 25.0 Å². The van der Waals surface area contributed by atoms with E-state index in [9.17, 15) is 10.0 Å². The van der Waals surface area contributed by atoms with Crippen molar-refractivity contribution in [3.63, 3.8) is 0 Å². The van der Waals surface area contributed by atoms with Gasteiger partial charge in [-0.3, -0.25) is 0 Å². The minimum atomic E-state index is -1.42. The molecule has 2 nitrogen and oxygen atoms in total. The van der Waals surface area contributed by atoms with Crippen LogP contribution >= 0.6 is 22.6 Å². The van der Waals surface area contributed by atoms with Gasteiger partial charge >= 0.3 is 7.12 Å². The Morgan fingerprint density at radius 1 is 1.05 bits per heavy atom. The highest BCUT2D eigenvalue weighted by Crippen LogP contribution is 2.49. The lowest BCUT2D eigenvalue weighted by atomic mass is 9.77. The molecular weight excluding hydrogens is 350 g/mol. The second-order valence-electron chi connectivity index (χ2n) is 5.47. The van der Waals surface area contributed by atoms with Crippen molar-refractivity contribution in [2.75, 3.05) is 0 Å². The number of rotatable bonds is 1. The lowest BCUT2D eigenvalue weighted by Gasteiger charge is -2.22. The van der Waals surface area contributed by atoms with E-state index in [2.05, 4.69) is 48.6 Å². The minimum absolute atomic E-state index is 0.0403. The summed E-state index contributed by atoms with van der Waals surface area (Å²) in [6.07, 6.45) is 0. The zero-order chi connectivity index (χ0) is 13.8. The zero-order valence-corrected chi connectivity index (χ0v) is 13.0. The molecule has 0 spiro atoms. The van der Waals surface area contributed by atoms with Crippen molar-refractivity contribution in [1.29, 1.82) is 0 Å². The molecule has 3 rings (SSSR count). The first kappa shape index (κ1) is 13.2. The Balaban J connectivity index is 2.33. The van der Waals surface area contributed by atoms with Crippen molar-refractivity contribution in [2.45, 2.75) is 19.3 Å². The van der Waals surface area contributed by atoms with E-state index in [1.807, 2.05) is 18.2 Å². The average molecular weight is 364 g/mol. The molecule has 2 N–H and O–H groups in total. The summed E-state index contributed by atoms with van der Waals surface area (Å²) < 4.78 is 1.25. The SMILES string of the molecule is CC1(C)c2ccc(B(O)O)cc2-c2cccc(I)c21. The summed E-state index contributed by atoms with van der Waals surface area (Å²) in [4.78, 5) is 0. The fraction of sp³-hybridized carbons (Fsp3) is 0.200. The monoisotopic (exact) mass is 364 g/mol. The van der Waals surface area contributed by atoms with Crippen LogP contribution < -0.4 is 5.46 Å². The van der Waals surface area contributed by atoms with Gasteiger partial charge in [-0.05, 0) is 56.4 Å². The average Bonchev–Trinajstić information content (AvgIpc) is 2.59. The van der Waals surface area contributed by atoms with Crippen LogP contribution in [0.3, 0.4) is 0 Å². The third kappa shape index (κ3) is 1.85. The molecule has 2 aromatic rings. The largest absolute Gasteiger partial charge is 0.488 e. The number of fused-ring (bicyclic) bond motifs is 3. The number of benzene rings is 2. The zero-order valence-electron chi connectivity index (χ0n) is 10.8. The van der Waals surface area contributed by atoms with E-state index in [0.717, 1.165) is 5.56 Å². The molecule has 19 heavy (non-hydrogen) atoms. The molecule has 0 unspecified atom stereocenters. The maximum atomic E-state index is 9.34. The molecule has 0 saturated carbocycles. The van der Waals surface area contributed by atoms with E-state index in [0.29, 0.717) is 5.46 Å². The second kappa shape index (κ2) is 4.33. The van der Waals surface area contributed by atoms with Gasteiger partial charge in [0.05, 0.1) is 0 Å². The minimum Gasteiger partial charge on any atom is -0.423 e. The van der Waals surface area contributed by atoms with Gasteiger partial charge in [0.1, 0.15) is 0 Å². The summed E-state index contributed by atoms with van der Waals surface area (Å²) in [6, 6.07) is 12.0. The lowest BCUT2D eigenvalue weighted by Crippen LogP contribution is -2.30. The Hall–Kier alpha value is -0.845. The first-order valence-corrected chi connectivity index (χ1v) is 7.30.